The first-order valence-corrected chi connectivity index (χ1v) is 9.08. The van der Waals surface area contributed by atoms with Crippen LogP contribution < -0.4 is 11.1 Å². The summed E-state index contributed by atoms with van der Waals surface area (Å²) in [5.74, 6) is 1.88. The van der Waals surface area contributed by atoms with Crippen molar-refractivity contribution in [2.45, 2.75) is 57.1 Å². The van der Waals surface area contributed by atoms with Crippen LogP contribution in [0.2, 0.25) is 0 Å². The molecule has 2 unspecified atom stereocenters. The summed E-state index contributed by atoms with van der Waals surface area (Å²) in [6, 6.07) is 0.260. The van der Waals surface area contributed by atoms with E-state index in [1.807, 2.05) is 0 Å². The molecule has 1 amide bonds. The molecule has 0 radical (unpaired) electrons. The highest BCUT2D eigenvalue weighted by molar-refractivity contribution is 5.67. The molecule has 4 aliphatic rings. The van der Waals surface area contributed by atoms with E-state index in [4.69, 9.17) is 15.2 Å². The van der Waals surface area contributed by atoms with Gasteiger partial charge in [-0.3, -0.25) is 0 Å². The largest absolute Gasteiger partial charge is 0.445 e. The van der Waals surface area contributed by atoms with E-state index in [-0.39, 0.29) is 24.3 Å². The van der Waals surface area contributed by atoms with Gasteiger partial charge in [0.25, 0.3) is 0 Å². The molecule has 130 valence electrons. The lowest BCUT2D eigenvalue weighted by Crippen LogP contribution is -2.62. The van der Waals surface area contributed by atoms with Gasteiger partial charge in [-0.15, -0.1) is 0 Å². The van der Waals surface area contributed by atoms with Crippen molar-refractivity contribution in [3.8, 4) is 0 Å². The average molecular weight is 322 g/mol. The number of ether oxygens (including phenoxy) is 2. The fourth-order valence-electron chi connectivity index (χ4n) is 5.15. The summed E-state index contributed by atoms with van der Waals surface area (Å²) in [5, 5.41) is 3.13. The van der Waals surface area contributed by atoms with E-state index in [9.17, 15) is 4.79 Å². The predicted molar refractivity (Wildman–Crippen MR) is 89.0 cm³/mol. The number of amides is 1. The lowest BCUT2D eigenvalue weighted by Gasteiger charge is -2.59. The highest BCUT2D eigenvalue weighted by atomic mass is 16.5. The third-order valence-electron chi connectivity index (χ3n) is 5.73. The van der Waals surface area contributed by atoms with E-state index in [1.165, 1.54) is 19.3 Å². The minimum atomic E-state index is -0.298. The molecule has 4 rings (SSSR count). The summed E-state index contributed by atoms with van der Waals surface area (Å²) in [4.78, 5) is 12.0. The number of carbonyl (C=O) groups is 1. The Hall–Kier alpha value is -1.07. The number of alkyl carbamates (subject to hydrolysis) is 1. The van der Waals surface area contributed by atoms with Crippen LogP contribution in [0.15, 0.2) is 12.2 Å². The molecule has 0 saturated heterocycles. The Bertz CT molecular complexity index is 436. The fraction of sp³-hybridized carbons (Fsp3) is 0.833. The van der Waals surface area contributed by atoms with Crippen molar-refractivity contribution in [2.75, 3.05) is 19.8 Å². The maximum absolute atomic E-state index is 12.0. The Morgan fingerprint density at radius 1 is 1.26 bits per heavy atom. The van der Waals surface area contributed by atoms with Gasteiger partial charge in [-0.05, 0) is 62.4 Å². The van der Waals surface area contributed by atoms with Gasteiger partial charge in [0.2, 0.25) is 0 Å². The van der Waals surface area contributed by atoms with E-state index < -0.39 is 0 Å². The smallest absolute Gasteiger partial charge is 0.407 e. The van der Waals surface area contributed by atoms with Gasteiger partial charge >= 0.3 is 6.09 Å². The van der Waals surface area contributed by atoms with E-state index in [1.54, 1.807) is 12.2 Å². The van der Waals surface area contributed by atoms with Crippen molar-refractivity contribution < 1.29 is 14.3 Å². The normalized spacial score (nSPS) is 38.2. The number of hydrogen-bond acceptors (Lipinski definition) is 4. The SMILES string of the molecule is CCCOC12CC3CC(C1)C(NC(=O)OC/C=C/CN)C(C3)C2. The molecule has 5 nitrogen and oxygen atoms in total. The van der Waals surface area contributed by atoms with Crippen LogP contribution in [0, 0.1) is 17.8 Å². The highest BCUT2D eigenvalue weighted by Crippen LogP contribution is 2.57. The molecule has 0 heterocycles. The van der Waals surface area contributed by atoms with Gasteiger partial charge in [-0.1, -0.05) is 13.0 Å². The molecule has 23 heavy (non-hydrogen) atoms. The standard InChI is InChI=1S/C18H30N2O3/c1-2-6-23-18-10-13-8-14(11-18)16(15(9-13)12-18)20-17(21)22-7-4-3-5-19/h3-4,13-16H,2,5-12,19H2,1H3,(H,20,21)/b4-3+. The topological polar surface area (TPSA) is 73.6 Å². The minimum Gasteiger partial charge on any atom is -0.445 e. The monoisotopic (exact) mass is 322 g/mol. The zero-order valence-electron chi connectivity index (χ0n) is 14.1. The van der Waals surface area contributed by atoms with Gasteiger partial charge in [0.1, 0.15) is 6.61 Å². The molecule has 4 aliphatic carbocycles. The summed E-state index contributed by atoms with van der Waals surface area (Å²) in [5.41, 5.74) is 5.46. The van der Waals surface area contributed by atoms with Crippen LogP contribution in [0.4, 0.5) is 4.79 Å². The van der Waals surface area contributed by atoms with Crippen LogP contribution in [-0.4, -0.2) is 37.5 Å². The lowest BCUT2D eigenvalue weighted by atomic mass is 9.52. The zero-order chi connectivity index (χ0) is 16.3. The Morgan fingerprint density at radius 2 is 2.00 bits per heavy atom. The summed E-state index contributed by atoms with van der Waals surface area (Å²) in [7, 11) is 0. The first kappa shape index (κ1) is 16.8. The quantitative estimate of drug-likeness (QED) is 0.707. The molecule has 0 aromatic carbocycles. The second-order valence-corrected chi connectivity index (χ2v) is 7.48. The number of carbonyl (C=O) groups excluding carboxylic acids is 1. The van der Waals surface area contributed by atoms with Gasteiger partial charge < -0.3 is 20.5 Å². The van der Waals surface area contributed by atoms with Crippen LogP contribution >= 0.6 is 0 Å². The van der Waals surface area contributed by atoms with Crippen LogP contribution in [0.5, 0.6) is 0 Å². The highest BCUT2D eigenvalue weighted by Gasteiger charge is 2.56. The van der Waals surface area contributed by atoms with Crippen LogP contribution in [-0.2, 0) is 9.47 Å². The Kier molecular flexibility index (Phi) is 5.27. The van der Waals surface area contributed by atoms with Crippen molar-refractivity contribution in [3.63, 3.8) is 0 Å². The first-order chi connectivity index (χ1) is 11.2. The number of nitrogens with one attached hydrogen (secondary N) is 1. The Morgan fingerprint density at radius 3 is 2.65 bits per heavy atom. The van der Waals surface area contributed by atoms with Crippen LogP contribution in [0.25, 0.3) is 0 Å². The Labute approximate surface area is 139 Å². The molecule has 0 aliphatic heterocycles. The van der Waals surface area contributed by atoms with Crippen molar-refractivity contribution in [1.29, 1.82) is 0 Å². The van der Waals surface area contributed by atoms with Gasteiger partial charge in [0.15, 0.2) is 0 Å². The molecule has 4 saturated carbocycles. The molecule has 4 bridgehead atoms. The van der Waals surface area contributed by atoms with Gasteiger partial charge in [0.05, 0.1) is 5.60 Å². The van der Waals surface area contributed by atoms with E-state index in [2.05, 4.69) is 12.2 Å². The summed E-state index contributed by atoms with van der Waals surface area (Å²) in [6.07, 6.45) is 10.2. The predicted octanol–water partition coefficient (Wildman–Crippen LogP) is 2.60. The first-order valence-electron chi connectivity index (χ1n) is 9.08. The molecule has 4 fully saturated rings. The Balaban J connectivity index is 1.55. The van der Waals surface area contributed by atoms with Gasteiger partial charge in [0, 0.05) is 19.2 Å². The van der Waals surface area contributed by atoms with Crippen molar-refractivity contribution in [3.05, 3.63) is 12.2 Å². The third kappa shape index (κ3) is 3.72. The van der Waals surface area contributed by atoms with Gasteiger partial charge in [-0.2, -0.15) is 0 Å². The fourth-order valence-corrected chi connectivity index (χ4v) is 5.15. The maximum Gasteiger partial charge on any atom is 0.407 e. The van der Waals surface area contributed by atoms with E-state index >= 15 is 0 Å². The second-order valence-electron chi connectivity index (χ2n) is 7.48. The molecule has 3 N–H and O–H groups in total. The third-order valence-corrected chi connectivity index (χ3v) is 5.73. The average Bonchev–Trinajstić information content (AvgIpc) is 2.52. The maximum atomic E-state index is 12.0. The molecule has 2 atom stereocenters. The molecule has 0 aromatic heterocycles. The minimum absolute atomic E-state index is 0.0957. The summed E-state index contributed by atoms with van der Waals surface area (Å²) < 4.78 is 11.5. The summed E-state index contributed by atoms with van der Waals surface area (Å²) in [6.45, 7) is 3.79. The molecule has 0 spiro atoms. The number of nitrogens with two attached hydrogens (primary N) is 1. The summed E-state index contributed by atoms with van der Waals surface area (Å²) >= 11 is 0. The van der Waals surface area contributed by atoms with E-state index in [0.717, 1.165) is 31.8 Å². The molecule has 0 aromatic rings. The second kappa shape index (κ2) is 7.22. The molecule has 5 heteroatoms. The van der Waals surface area contributed by atoms with Crippen LogP contribution in [0.1, 0.15) is 45.4 Å². The molecular weight excluding hydrogens is 292 g/mol. The van der Waals surface area contributed by atoms with Crippen LogP contribution in [0.3, 0.4) is 0 Å². The van der Waals surface area contributed by atoms with Crippen molar-refractivity contribution >= 4 is 6.09 Å². The van der Waals surface area contributed by atoms with E-state index in [0.29, 0.717) is 18.4 Å². The molecular formula is C18H30N2O3. The number of rotatable bonds is 7. The number of hydrogen-bond donors (Lipinski definition) is 2. The zero-order valence-corrected chi connectivity index (χ0v) is 14.1. The van der Waals surface area contributed by atoms with Crippen molar-refractivity contribution in [2.24, 2.45) is 23.5 Å². The van der Waals surface area contributed by atoms with Crippen molar-refractivity contribution in [1.82, 2.24) is 5.32 Å². The van der Waals surface area contributed by atoms with Gasteiger partial charge in [-0.25, -0.2) is 4.79 Å². The lowest BCUT2D eigenvalue weighted by molar-refractivity contribution is -0.171.